The van der Waals surface area contributed by atoms with Crippen molar-refractivity contribution in [1.29, 1.82) is 0 Å². The van der Waals surface area contributed by atoms with Gasteiger partial charge in [0.25, 0.3) is 0 Å². The lowest BCUT2D eigenvalue weighted by atomic mass is 10.0. The molecule has 4 aromatic rings. The third-order valence-electron chi connectivity index (χ3n) is 4.93. The highest BCUT2D eigenvalue weighted by Gasteiger charge is 2.22. The van der Waals surface area contributed by atoms with Crippen LogP contribution in [0.15, 0.2) is 55.0 Å². The Morgan fingerprint density at radius 2 is 1.85 bits per heavy atom. The summed E-state index contributed by atoms with van der Waals surface area (Å²) in [6, 6.07) is 7.88. The minimum Gasteiger partial charge on any atom is -0.338 e. The van der Waals surface area contributed by atoms with Crippen molar-refractivity contribution in [1.82, 2.24) is 14.5 Å². The molecule has 0 aliphatic heterocycles. The van der Waals surface area contributed by atoms with Gasteiger partial charge in [-0.2, -0.15) is 0 Å². The lowest BCUT2D eigenvalue weighted by molar-refractivity contribution is 0.702. The van der Waals surface area contributed by atoms with Crippen molar-refractivity contribution in [2.45, 2.75) is 13.5 Å². The van der Waals surface area contributed by atoms with Crippen LogP contribution in [0.25, 0.3) is 32.9 Å². The second-order valence-electron chi connectivity index (χ2n) is 6.66. The van der Waals surface area contributed by atoms with Crippen LogP contribution < -0.4 is 0 Å². The van der Waals surface area contributed by atoms with E-state index >= 15 is 0 Å². The Kier molecular flexibility index (Phi) is 3.56. The van der Waals surface area contributed by atoms with Crippen molar-refractivity contribution in [3.8, 4) is 11.1 Å². The number of fused-ring (bicyclic) bond motifs is 3. The molecule has 0 radical (unpaired) electrons. The molecule has 0 amide bonds. The molecule has 3 heterocycles. The summed E-state index contributed by atoms with van der Waals surface area (Å²) in [4.78, 5) is 8.79. The molecular formula is C21H15Cl2N3. The van der Waals surface area contributed by atoms with E-state index in [1.54, 1.807) is 12.4 Å². The van der Waals surface area contributed by atoms with Gasteiger partial charge >= 0.3 is 0 Å². The third-order valence-corrected chi connectivity index (χ3v) is 5.48. The Morgan fingerprint density at radius 1 is 1.00 bits per heavy atom. The van der Waals surface area contributed by atoms with Crippen LogP contribution in [0.3, 0.4) is 0 Å². The lowest BCUT2D eigenvalue weighted by Crippen LogP contribution is -2.03. The van der Waals surface area contributed by atoms with Crippen LogP contribution in [0.4, 0.5) is 0 Å². The molecule has 1 aliphatic carbocycles. The Balaban J connectivity index is 1.96. The highest BCUT2D eigenvalue weighted by molar-refractivity contribution is 6.35. The second kappa shape index (κ2) is 5.83. The van der Waals surface area contributed by atoms with E-state index in [1.165, 1.54) is 0 Å². The number of pyridine rings is 2. The van der Waals surface area contributed by atoms with Crippen LogP contribution in [0, 0.1) is 12.8 Å². The molecule has 1 aliphatic rings. The van der Waals surface area contributed by atoms with Crippen molar-refractivity contribution in [2.24, 2.45) is 5.92 Å². The van der Waals surface area contributed by atoms with E-state index in [-0.39, 0.29) is 0 Å². The van der Waals surface area contributed by atoms with Crippen molar-refractivity contribution < 1.29 is 0 Å². The number of rotatable bonds is 3. The van der Waals surface area contributed by atoms with Crippen molar-refractivity contribution in [3.63, 3.8) is 0 Å². The number of allylic oxidation sites excluding steroid dienone is 2. The summed E-state index contributed by atoms with van der Waals surface area (Å²) in [7, 11) is 0. The number of hydrogen-bond donors (Lipinski definition) is 0. The second-order valence-corrected chi connectivity index (χ2v) is 7.50. The maximum absolute atomic E-state index is 6.49. The number of nitrogens with zero attached hydrogens (tertiary/aromatic N) is 3. The highest BCUT2D eigenvalue weighted by atomic mass is 35.5. The molecule has 0 spiro atoms. The van der Waals surface area contributed by atoms with Gasteiger partial charge in [0.2, 0.25) is 0 Å². The molecule has 5 heteroatoms. The first-order valence-electron chi connectivity index (χ1n) is 8.49. The van der Waals surface area contributed by atoms with Crippen molar-refractivity contribution in [3.05, 3.63) is 70.7 Å². The molecule has 0 N–H and O–H groups in total. The Hall–Kier alpha value is -2.36. The molecule has 0 unspecified atom stereocenters. The summed E-state index contributed by atoms with van der Waals surface area (Å²) >= 11 is 13.0. The van der Waals surface area contributed by atoms with Gasteiger partial charge < -0.3 is 4.57 Å². The quantitative estimate of drug-likeness (QED) is 0.405. The minimum atomic E-state index is 0.487. The van der Waals surface area contributed by atoms with Crippen LogP contribution in [0.1, 0.15) is 5.69 Å². The van der Waals surface area contributed by atoms with Crippen LogP contribution in [0.5, 0.6) is 0 Å². The number of aromatic nitrogens is 3. The lowest BCUT2D eigenvalue weighted by Gasteiger charge is -2.13. The van der Waals surface area contributed by atoms with Gasteiger partial charge in [-0.05, 0) is 31.2 Å². The number of hydrogen-bond acceptors (Lipinski definition) is 2. The maximum Gasteiger partial charge on any atom is 0.0708 e. The molecule has 0 saturated carbocycles. The van der Waals surface area contributed by atoms with Gasteiger partial charge in [-0.25, -0.2) is 0 Å². The SMILES string of the molecule is Cc1nccc2c3cc(Cl)cc(-c4cnccc4Cl)c3n(CC3C=C3)c12. The van der Waals surface area contributed by atoms with Crippen molar-refractivity contribution in [2.75, 3.05) is 0 Å². The molecule has 0 bridgehead atoms. The number of halogens is 2. The molecule has 26 heavy (non-hydrogen) atoms. The van der Waals surface area contributed by atoms with Gasteiger partial charge in [0.05, 0.1) is 21.7 Å². The zero-order chi connectivity index (χ0) is 17.8. The average Bonchev–Trinajstić information content (AvgIpc) is 3.38. The molecule has 128 valence electrons. The van der Waals surface area contributed by atoms with E-state index < -0.39 is 0 Å². The summed E-state index contributed by atoms with van der Waals surface area (Å²) in [5.41, 5.74) is 5.18. The minimum absolute atomic E-state index is 0.487. The standard InChI is InChI=1S/C21H15Cl2N3/c1-12-20-15(4-7-25-12)16-8-14(22)9-17(18-10-24-6-5-19(18)23)21(16)26(20)11-13-2-3-13/h2-10,13H,11H2,1H3. The van der Waals surface area contributed by atoms with E-state index in [0.717, 1.165) is 45.2 Å². The zero-order valence-electron chi connectivity index (χ0n) is 14.1. The highest BCUT2D eigenvalue weighted by Crippen LogP contribution is 2.41. The summed E-state index contributed by atoms with van der Waals surface area (Å²) in [5.74, 6) is 0.487. The van der Waals surface area contributed by atoms with E-state index in [4.69, 9.17) is 23.2 Å². The van der Waals surface area contributed by atoms with E-state index in [9.17, 15) is 0 Å². The van der Waals surface area contributed by atoms with E-state index in [1.807, 2.05) is 24.4 Å². The summed E-state index contributed by atoms with van der Waals surface area (Å²) < 4.78 is 2.35. The fraction of sp³-hybridized carbons (Fsp3) is 0.143. The van der Waals surface area contributed by atoms with E-state index in [0.29, 0.717) is 16.0 Å². The summed E-state index contributed by atoms with van der Waals surface area (Å²) in [5, 5.41) is 3.63. The molecule has 3 aromatic heterocycles. The summed E-state index contributed by atoms with van der Waals surface area (Å²) in [6.07, 6.45) is 9.79. The predicted octanol–water partition coefficient (Wildman–Crippen LogP) is 6.05. The topological polar surface area (TPSA) is 30.7 Å². The van der Waals surface area contributed by atoms with Crippen LogP contribution >= 0.6 is 23.2 Å². The molecule has 5 rings (SSSR count). The fourth-order valence-corrected chi connectivity index (χ4v) is 4.12. The smallest absolute Gasteiger partial charge is 0.0708 e. The van der Waals surface area contributed by atoms with Gasteiger partial charge in [0.15, 0.2) is 0 Å². The van der Waals surface area contributed by atoms with Crippen LogP contribution in [0.2, 0.25) is 10.0 Å². The van der Waals surface area contributed by atoms with Crippen molar-refractivity contribution >= 4 is 45.0 Å². The average molecular weight is 380 g/mol. The van der Waals surface area contributed by atoms with Gasteiger partial charge in [0.1, 0.15) is 0 Å². The van der Waals surface area contributed by atoms with E-state index in [2.05, 4.69) is 39.7 Å². The first-order chi connectivity index (χ1) is 12.6. The van der Waals surface area contributed by atoms with Gasteiger partial charge in [-0.3, -0.25) is 9.97 Å². The molecule has 3 nitrogen and oxygen atoms in total. The Morgan fingerprint density at radius 3 is 2.62 bits per heavy atom. The largest absolute Gasteiger partial charge is 0.338 e. The first kappa shape index (κ1) is 15.9. The van der Waals surface area contributed by atoms with Crippen LogP contribution in [-0.4, -0.2) is 14.5 Å². The maximum atomic E-state index is 6.49. The molecular weight excluding hydrogens is 365 g/mol. The molecule has 0 atom stereocenters. The summed E-state index contributed by atoms with van der Waals surface area (Å²) in [6.45, 7) is 2.94. The van der Waals surface area contributed by atoms with Gasteiger partial charge in [-0.1, -0.05) is 35.4 Å². The molecule has 0 saturated heterocycles. The van der Waals surface area contributed by atoms with Crippen LogP contribution in [-0.2, 0) is 6.54 Å². The zero-order valence-corrected chi connectivity index (χ0v) is 15.6. The fourth-order valence-electron chi connectivity index (χ4n) is 3.70. The molecule has 1 aromatic carbocycles. The monoisotopic (exact) mass is 379 g/mol. The Labute approximate surface area is 160 Å². The Bertz CT molecular complexity index is 1200. The molecule has 0 fully saturated rings. The first-order valence-corrected chi connectivity index (χ1v) is 9.24. The normalized spacial score (nSPS) is 13.8. The van der Waals surface area contributed by atoms with Gasteiger partial charge in [-0.15, -0.1) is 0 Å². The predicted molar refractivity (Wildman–Crippen MR) is 108 cm³/mol. The number of aryl methyl sites for hydroxylation is 1. The van der Waals surface area contributed by atoms with Gasteiger partial charge in [0, 0.05) is 58.0 Å². The number of benzene rings is 1. The third kappa shape index (κ3) is 2.43.